The van der Waals surface area contributed by atoms with Gasteiger partial charge in [-0.1, -0.05) is 42.5 Å². The Morgan fingerprint density at radius 2 is 1.95 bits per heavy atom. The van der Waals surface area contributed by atoms with E-state index in [2.05, 4.69) is 6.58 Å². The van der Waals surface area contributed by atoms with E-state index in [1.54, 1.807) is 0 Å². The Bertz CT molecular complexity index is 384. The Morgan fingerprint density at radius 1 is 1.21 bits per heavy atom. The standard InChI is InChI=1S/C16H22O3/c1-3-19-16(17)11-7-8-14(2)12-18-13-15-9-5-4-6-10-15/h4-6,9-10H,2-3,7-8,11-13H2,1H3. The van der Waals surface area contributed by atoms with Crippen molar-refractivity contribution in [3.63, 3.8) is 0 Å². The molecule has 0 fully saturated rings. The van der Waals surface area contributed by atoms with E-state index in [1.165, 1.54) is 0 Å². The Morgan fingerprint density at radius 3 is 2.63 bits per heavy atom. The molecule has 0 spiro atoms. The number of esters is 1. The molecule has 0 aliphatic heterocycles. The average molecular weight is 262 g/mol. The smallest absolute Gasteiger partial charge is 0.305 e. The molecule has 0 unspecified atom stereocenters. The van der Waals surface area contributed by atoms with E-state index < -0.39 is 0 Å². The van der Waals surface area contributed by atoms with Crippen molar-refractivity contribution in [2.24, 2.45) is 0 Å². The third-order valence-corrected chi connectivity index (χ3v) is 2.63. The van der Waals surface area contributed by atoms with Gasteiger partial charge in [0, 0.05) is 6.42 Å². The van der Waals surface area contributed by atoms with Crippen LogP contribution in [0.3, 0.4) is 0 Å². The summed E-state index contributed by atoms with van der Waals surface area (Å²) in [6.07, 6.45) is 2.02. The Hall–Kier alpha value is -1.61. The quantitative estimate of drug-likeness (QED) is 0.505. The second-order valence-electron chi connectivity index (χ2n) is 4.39. The first-order valence-electron chi connectivity index (χ1n) is 6.66. The van der Waals surface area contributed by atoms with Crippen molar-refractivity contribution < 1.29 is 14.3 Å². The molecule has 0 aliphatic carbocycles. The van der Waals surface area contributed by atoms with Gasteiger partial charge in [-0.3, -0.25) is 4.79 Å². The van der Waals surface area contributed by atoms with E-state index in [9.17, 15) is 4.79 Å². The molecule has 104 valence electrons. The zero-order valence-corrected chi connectivity index (χ0v) is 11.6. The van der Waals surface area contributed by atoms with Crippen LogP contribution < -0.4 is 0 Å². The van der Waals surface area contributed by atoms with Crippen molar-refractivity contribution >= 4 is 5.97 Å². The molecule has 1 aromatic rings. The number of benzene rings is 1. The lowest BCUT2D eigenvalue weighted by Crippen LogP contribution is -2.04. The largest absolute Gasteiger partial charge is 0.466 e. The van der Waals surface area contributed by atoms with Gasteiger partial charge in [0.1, 0.15) is 0 Å². The van der Waals surface area contributed by atoms with Gasteiger partial charge < -0.3 is 9.47 Å². The molecular weight excluding hydrogens is 240 g/mol. The Balaban J connectivity index is 2.07. The van der Waals surface area contributed by atoms with Gasteiger partial charge in [-0.05, 0) is 25.3 Å². The lowest BCUT2D eigenvalue weighted by atomic mass is 10.1. The number of carbonyl (C=O) groups excluding carboxylic acids is 1. The van der Waals surface area contributed by atoms with E-state index in [1.807, 2.05) is 37.3 Å². The van der Waals surface area contributed by atoms with Gasteiger partial charge in [0.2, 0.25) is 0 Å². The van der Waals surface area contributed by atoms with E-state index in [0.29, 0.717) is 26.2 Å². The molecule has 3 heteroatoms. The summed E-state index contributed by atoms with van der Waals surface area (Å²) in [6.45, 7) is 7.34. The molecule has 1 rings (SSSR count). The minimum atomic E-state index is -0.138. The molecule has 0 bridgehead atoms. The van der Waals surface area contributed by atoms with Crippen LogP contribution in [0.25, 0.3) is 0 Å². The first-order chi connectivity index (χ1) is 9.22. The highest BCUT2D eigenvalue weighted by Crippen LogP contribution is 2.08. The molecule has 0 aromatic heterocycles. The van der Waals surface area contributed by atoms with Crippen LogP contribution >= 0.6 is 0 Å². The lowest BCUT2D eigenvalue weighted by molar-refractivity contribution is -0.143. The van der Waals surface area contributed by atoms with E-state index in [4.69, 9.17) is 9.47 Å². The highest BCUT2D eigenvalue weighted by molar-refractivity contribution is 5.69. The van der Waals surface area contributed by atoms with Crippen LogP contribution in [0.1, 0.15) is 31.7 Å². The predicted octanol–water partition coefficient (Wildman–Crippen LogP) is 3.49. The third kappa shape index (κ3) is 7.42. The number of rotatable bonds is 9. The molecule has 0 N–H and O–H groups in total. The van der Waals surface area contributed by atoms with Crippen molar-refractivity contribution in [2.45, 2.75) is 32.8 Å². The Kier molecular flexibility index (Phi) is 7.59. The van der Waals surface area contributed by atoms with Crippen LogP contribution in [0.15, 0.2) is 42.5 Å². The summed E-state index contributed by atoms with van der Waals surface area (Å²) in [5, 5.41) is 0. The second kappa shape index (κ2) is 9.34. The van der Waals surface area contributed by atoms with E-state index in [-0.39, 0.29) is 5.97 Å². The summed E-state index contributed by atoms with van der Waals surface area (Å²) >= 11 is 0. The fraction of sp³-hybridized carbons (Fsp3) is 0.438. The second-order valence-corrected chi connectivity index (χ2v) is 4.39. The van der Waals surface area contributed by atoms with Crippen molar-refractivity contribution in [3.05, 3.63) is 48.0 Å². The number of carbonyl (C=O) groups is 1. The zero-order chi connectivity index (χ0) is 13.9. The molecule has 0 radical (unpaired) electrons. The first kappa shape index (κ1) is 15.4. The highest BCUT2D eigenvalue weighted by Gasteiger charge is 2.02. The van der Waals surface area contributed by atoms with Crippen LogP contribution in [-0.2, 0) is 20.9 Å². The van der Waals surface area contributed by atoms with Crippen molar-refractivity contribution in [2.75, 3.05) is 13.2 Å². The number of hydrogen-bond donors (Lipinski definition) is 0. The normalized spacial score (nSPS) is 10.2. The van der Waals surface area contributed by atoms with Crippen molar-refractivity contribution in [1.82, 2.24) is 0 Å². The summed E-state index contributed by atoms with van der Waals surface area (Å²) < 4.78 is 10.4. The predicted molar refractivity (Wildman–Crippen MR) is 75.7 cm³/mol. The molecule has 3 nitrogen and oxygen atoms in total. The van der Waals surface area contributed by atoms with Gasteiger partial charge in [-0.2, -0.15) is 0 Å². The number of ether oxygens (including phenoxy) is 2. The fourth-order valence-electron chi connectivity index (χ4n) is 1.68. The first-order valence-corrected chi connectivity index (χ1v) is 6.66. The third-order valence-electron chi connectivity index (χ3n) is 2.63. The minimum absolute atomic E-state index is 0.138. The lowest BCUT2D eigenvalue weighted by Gasteiger charge is -2.07. The minimum Gasteiger partial charge on any atom is -0.466 e. The maximum atomic E-state index is 11.1. The molecule has 0 saturated heterocycles. The van der Waals surface area contributed by atoms with E-state index in [0.717, 1.165) is 24.0 Å². The summed E-state index contributed by atoms with van der Waals surface area (Å²) in [5.41, 5.74) is 2.17. The molecule has 0 saturated carbocycles. The molecule has 0 heterocycles. The van der Waals surface area contributed by atoms with Gasteiger partial charge in [-0.25, -0.2) is 0 Å². The fourth-order valence-corrected chi connectivity index (χ4v) is 1.68. The number of hydrogen-bond acceptors (Lipinski definition) is 3. The van der Waals surface area contributed by atoms with E-state index >= 15 is 0 Å². The zero-order valence-electron chi connectivity index (χ0n) is 11.6. The molecule has 1 aromatic carbocycles. The molecule has 0 atom stereocenters. The van der Waals surface area contributed by atoms with Crippen LogP contribution in [0.4, 0.5) is 0 Å². The van der Waals surface area contributed by atoms with Crippen LogP contribution in [0.2, 0.25) is 0 Å². The molecule has 0 aliphatic rings. The van der Waals surface area contributed by atoms with Gasteiger partial charge in [0.25, 0.3) is 0 Å². The molecule has 19 heavy (non-hydrogen) atoms. The summed E-state index contributed by atoms with van der Waals surface area (Å²) in [5.74, 6) is -0.138. The van der Waals surface area contributed by atoms with Crippen LogP contribution in [0, 0.1) is 0 Å². The van der Waals surface area contributed by atoms with Crippen molar-refractivity contribution in [1.29, 1.82) is 0 Å². The van der Waals surface area contributed by atoms with Gasteiger partial charge in [-0.15, -0.1) is 0 Å². The SMILES string of the molecule is C=C(CCCC(=O)OCC)COCc1ccccc1. The monoisotopic (exact) mass is 262 g/mol. The molecular formula is C16H22O3. The van der Waals surface area contributed by atoms with Crippen LogP contribution in [-0.4, -0.2) is 19.2 Å². The van der Waals surface area contributed by atoms with Crippen LogP contribution in [0.5, 0.6) is 0 Å². The van der Waals surface area contributed by atoms with Gasteiger partial charge in [0.05, 0.1) is 19.8 Å². The maximum Gasteiger partial charge on any atom is 0.305 e. The van der Waals surface area contributed by atoms with Gasteiger partial charge >= 0.3 is 5.97 Å². The summed E-state index contributed by atoms with van der Waals surface area (Å²) in [7, 11) is 0. The maximum absolute atomic E-state index is 11.1. The average Bonchev–Trinajstić information content (AvgIpc) is 2.40. The topological polar surface area (TPSA) is 35.5 Å². The van der Waals surface area contributed by atoms with Gasteiger partial charge in [0.15, 0.2) is 0 Å². The highest BCUT2D eigenvalue weighted by atomic mass is 16.5. The summed E-state index contributed by atoms with van der Waals surface area (Å²) in [6, 6.07) is 10.0. The molecule has 0 amide bonds. The van der Waals surface area contributed by atoms with Crippen molar-refractivity contribution in [3.8, 4) is 0 Å². The Labute approximate surface area is 115 Å². The summed E-state index contributed by atoms with van der Waals surface area (Å²) in [4.78, 5) is 11.1.